The molecule has 0 saturated carbocycles. The molecule has 0 spiro atoms. The molecule has 1 rings (SSSR count). The third-order valence-corrected chi connectivity index (χ3v) is 1.96. The quantitative estimate of drug-likeness (QED) is 0.349. The van der Waals surface area contributed by atoms with Crippen LogP contribution in [0.3, 0.4) is 0 Å². The molecule has 92 valence electrons. The molecule has 0 atom stereocenters. The third-order valence-electron chi connectivity index (χ3n) is 1.96. The van der Waals surface area contributed by atoms with Gasteiger partial charge < -0.3 is 20.9 Å². The highest BCUT2D eigenvalue weighted by Gasteiger charge is 2.04. The van der Waals surface area contributed by atoms with E-state index in [1.54, 1.807) is 25.1 Å². The number of nitrogens with two attached hydrogens (primary N) is 2. The van der Waals surface area contributed by atoms with Gasteiger partial charge in [-0.15, -0.1) is 0 Å². The van der Waals surface area contributed by atoms with E-state index in [4.69, 9.17) is 20.9 Å². The molecule has 1 aromatic carbocycles. The normalized spacial score (nSPS) is 9.71. The van der Waals surface area contributed by atoms with Gasteiger partial charge in [0.25, 0.3) is 0 Å². The first-order valence-electron chi connectivity index (χ1n) is 5.11. The first kappa shape index (κ1) is 12.9. The van der Waals surface area contributed by atoms with E-state index in [2.05, 4.69) is 6.58 Å². The van der Waals surface area contributed by atoms with E-state index < -0.39 is 5.97 Å². The van der Waals surface area contributed by atoms with Crippen LogP contribution in [0.25, 0.3) is 0 Å². The molecule has 0 radical (unpaired) electrons. The Labute approximate surface area is 100.0 Å². The van der Waals surface area contributed by atoms with Gasteiger partial charge in [-0.1, -0.05) is 6.58 Å². The van der Waals surface area contributed by atoms with Crippen molar-refractivity contribution >= 4 is 17.3 Å². The number of hydrogen-bond donors (Lipinski definition) is 2. The summed E-state index contributed by atoms with van der Waals surface area (Å²) in [7, 11) is 0. The molecular formula is C12H16N2O3. The van der Waals surface area contributed by atoms with Gasteiger partial charge in [0.15, 0.2) is 0 Å². The predicted octanol–water partition coefficient (Wildman–Crippen LogP) is 1.35. The fourth-order valence-electron chi connectivity index (χ4n) is 1.11. The maximum atomic E-state index is 11.0. The number of hydrogen-bond acceptors (Lipinski definition) is 5. The monoisotopic (exact) mass is 236 g/mol. The summed E-state index contributed by atoms with van der Waals surface area (Å²) < 4.78 is 10.2. The number of anilines is 2. The van der Waals surface area contributed by atoms with Crippen LogP contribution in [0.4, 0.5) is 11.4 Å². The molecule has 0 aliphatic rings. The van der Waals surface area contributed by atoms with Gasteiger partial charge in [0.1, 0.15) is 19.0 Å². The van der Waals surface area contributed by atoms with Crippen LogP contribution < -0.4 is 16.2 Å². The fraction of sp³-hybridized carbons (Fsp3) is 0.250. The smallest absolute Gasteiger partial charge is 0.333 e. The molecule has 0 saturated heterocycles. The Morgan fingerprint density at radius 2 is 2.06 bits per heavy atom. The number of nitrogen functional groups attached to an aromatic ring is 2. The molecule has 17 heavy (non-hydrogen) atoms. The van der Waals surface area contributed by atoms with Crippen LogP contribution >= 0.6 is 0 Å². The van der Waals surface area contributed by atoms with Crippen molar-refractivity contribution in [3.63, 3.8) is 0 Å². The van der Waals surface area contributed by atoms with E-state index in [0.717, 1.165) is 0 Å². The van der Waals surface area contributed by atoms with Crippen molar-refractivity contribution in [2.45, 2.75) is 6.92 Å². The van der Waals surface area contributed by atoms with E-state index >= 15 is 0 Å². The van der Waals surface area contributed by atoms with E-state index in [-0.39, 0.29) is 13.2 Å². The molecule has 0 amide bonds. The molecule has 0 heterocycles. The molecule has 0 aliphatic carbocycles. The lowest BCUT2D eigenvalue weighted by atomic mass is 10.2. The Morgan fingerprint density at radius 3 is 2.65 bits per heavy atom. The summed E-state index contributed by atoms with van der Waals surface area (Å²) in [5, 5.41) is 0. The van der Waals surface area contributed by atoms with Crippen LogP contribution in [0.2, 0.25) is 0 Å². The van der Waals surface area contributed by atoms with Crippen LogP contribution in [0.15, 0.2) is 30.4 Å². The summed E-state index contributed by atoms with van der Waals surface area (Å²) in [6.07, 6.45) is 0. The second-order valence-corrected chi connectivity index (χ2v) is 3.56. The predicted molar refractivity (Wildman–Crippen MR) is 66.5 cm³/mol. The van der Waals surface area contributed by atoms with Crippen LogP contribution in [-0.4, -0.2) is 19.2 Å². The highest BCUT2D eigenvalue weighted by molar-refractivity contribution is 5.86. The Kier molecular flexibility index (Phi) is 4.39. The number of carbonyl (C=O) groups excluding carboxylic acids is 1. The summed E-state index contributed by atoms with van der Waals surface area (Å²) in [6.45, 7) is 5.43. The minimum Gasteiger partial charge on any atom is -0.488 e. The highest BCUT2D eigenvalue weighted by Crippen LogP contribution is 2.23. The number of ether oxygens (including phenoxy) is 2. The first-order chi connectivity index (χ1) is 8.00. The Balaban J connectivity index is 2.36. The SMILES string of the molecule is C=C(C)C(=O)OCCOc1ccc(N)cc1N. The minimum absolute atomic E-state index is 0.148. The van der Waals surface area contributed by atoms with Crippen molar-refractivity contribution < 1.29 is 14.3 Å². The van der Waals surface area contributed by atoms with Crippen molar-refractivity contribution in [1.82, 2.24) is 0 Å². The topological polar surface area (TPSA) is 87.6 Å². The van der Waals surface area contributed by atoms with E-state index in [1.807, 2.05) is 0 Å². The highest BCUT2D eigenvalue weighted by atomic mass is 16.6. The number of carbonyl (C=O) groups is 1. The molecule has 0 fully saturated rings. The molecule has 0 bridgehead atoms. The third kappa shape index (κ3) is 4.06. The Bertz CT molecular complexity index is 430. The zero-order valence-corrected chi connectivity index (χ0v) is 9.73. The summed E-state index contributed by atoms with van der Waals surface area (Å²) >= 11 is 0. The summed E-state index contributed by atoms with van der Waals surface area (Å²) in [6, 6.07) is 4.96. The van der Waals surface area contributed by atoms with Gasteiger partial charge in [-0.3, -0.25) is 0 Å². The van der Waals surface area contributed by atoms with Crippen LogP contribution in [-0.2, 0) is 9.53 Å². The average molecular weight is 236 g/mol. The Hall–Kier alpha value is -2.17. The second kappa shape index (κ2) is 5.79. The molecular weight excluding hydrogens is 220 g/mol. The summed E-state index contributed by atoms with van der Waals surface area (Å²) in [5.41, 5.74) is 12.6. The van der Waals surface area contributed by atoms with Crippen LogP contribution in [0, 0.1) is 0 Å². The van der Waals surface area contributed by atoms with Crippen molar-refractivity contribution in [2.24, 2.45) is 0 Å². The maximum absolute atomic E-state index is 11.0. The molecule has 0 aliphatic heterocycles. The van der Waals surface area contributed by atoms with Crippen LogP contribution in [0.5, 0.6) is 5.75 Å². The molecule has 4 N–H and O–H groups in total. The van der Waals surface area contributed by atoms with E-state index in [0.29, 0.717) is 22.7 Å². The van der Waals surface area contributed by atoms with E-state index in [9.17, 15) is 4.79 Å². The minimum atomic E-state index is -0.432. The first-order valence-corrected chi connectivity index (χ1v) is 5.11. The Morgan fingerprint density at radius 1 is 1.35 bits per heavy atom. The number of benzene rings is 1. The summed E-state index contributed by atoms with van der Waals surface area (Å²) in [4.78, 5) is 11.0. The van der Waals surface area contributed by atoms with Gasteiger partial charge in [0.2, 0.25) is 0 Å². The lowest BCUT2D eigenvalue weighted by Gasteiger charge is -2.09. The number of rotatable bonds is 5. The molecule has 1 aromatic rings. The van der Waals surface area contributed by atoms with Gasteiger partial charge >= 0.3 is 5.97 Å². The van der Waals surface area contributed by atoms with Gasteiger partial charge in [-0.05, 0) is 25.1 Å². The van der Waals surface area contributed by atoms with E-state index in [1.165, 1.54) is 0 Å². The standard InChI is InChI=1S/C12H16N2O3/c1-8(2)12(15)17-6-5-16-11-4-3-9(13)7-10(11)14/h3-4,7H,1,5-6,13-14H2,2H3. The van der Waals surface area contributed by atoms with Crippen molar-refractivity contribution in [3.05, 3.63) is 30.4 Å². The molecule has 5 nitrogen and oxygen atoms in total. The maximum Gasteiger partial charge on any atom is 0.333 e. The lowest BCUT2D eigenvalue weighted by molar-refractivity contribution is -0.139. The second-order valence-electron chi connectivity index (χ2n) is 3.56. The fourth-order valence-corrected chi connectivity index (χ4v) is 1.11. The van der Waals surface area contributed by atoms with Gasteiger partial charge in [0.05, 0.1) is 5.69 Å². The zero-order valence-electron chi connectivity index (χ0n) is 9.73. The molecule has 0 aromatic heterocycles. The molecule has 0 unspecified atom stereocenters. The molecule has 5 heteroatoms. The van der Waals surface area contributed by atoms with Gasteiger partial charge in [-0.2, -0.15) is 0 Å². The average Bonchev–Trinajstić information content (AvgIpc) is 2.26. The van der Waals surface area contributed by atoms with Gasteiger partial charge in [-0.25, -0.2) is 4.79 Å². The van der Waals surface area contributed by atoms with Crippen molar-refractivity contribution in [3.8, 4) is 5.75 Å². The largest absolute Gasteiger partial charge is 0.488 e. The summed E-state index contributed by atoms with van der Waals surface area (Å²) in [5.74, 6) is 0.0875. The zero-order chi connectivity index (χ0) is 12.8. The van der Waals surface area contributed by atoms with Crippen LogP contribution in [0.1, 0.15) is 6.92 Å². The van der Waals surface area contributed by atoms with Gasteiger partial charge in [0, 0.05) is 11.3 Å². The van der Waals surface area contributed by atoms with Crippen molar-refractivity contribution in [2.75, 3.05) is 24.7 Å². The number of esters is 1. The lowest BCUT2D eigenvalue weighted by Crippen LogP contribution is -2.12. The van der Waals surface area contributed by atoms with Crippen molar-refractivity contribution in [1.29, 1.82) is 0 Å².